The molecule has 2 heterocycles. The molecule has 0 spiro atoms. The molecule has 2 aromatic carbocycles. The first-order chi connectivity index (χ1) is 43.1. The molecule has 0 aromatic heterocycles. The molecule has 0 saturated carbocycles. The minimum absolute atomic E-state index is 0.00814. The summed E-state index contributed by atoms with van der Waals surface area (Å²) in [6, 6.07) is -0.396. The third kappa shape index (κ3) is 25.8. The maximum Gasteiger partial charge on any atom is 0.305 e. The Bertz CT molecular complexity index is 2940. The van der Waals surface area contributed by atoms with E-state index in [0.717, 1.165) is 17.1 Å². The molecule has 19 N–H and O–H groups in total. The number of imide groups is 1. The molecular weight excluding hydrogens is 1190 g/mol. The second kappa shape index (κ2) is 37.3. The van der Waals surface area contributed by atoms with E-state index in [0.29, 0.717) is 43.4 Å². The number of guanidine groups is 1. The molecule has 31 nitrogen and oxygen atoms in total. The van der Waals surface area contributed by atoms with Crippen molar-refractivity contribution in [2.45, 2.75) is 165 Å². The predicted octanol–water partition coefficient (Wildman–Crippen LogP) is -2.92. The molecule has 1 fully saturated rings. The lowest BCUT2D eigenvalue weighted by molar-refractivity contribution is -0.141. The van der Waals surface area contributed by atoms with Crippen LogP contribution in [-0.4, -0.2) is 189 Å². The van der Waals surface area contributed by atoms with Crippen molar-refractivity contribution in [1.82, 2.24) is 52.3 Å². The molecule has 0 aliphatic carbocycles. The van der Waals surface area contributed by atoms with Crippen LogP contribution in [0.2, 0.25) is 0 Å². The number of unbranched alkanes of at least 4 members (excludes halogenated alkanes) is 2. The maximum absolute atomic E-state index is 14.6. The highest BCUT2D eigenvalue weighted by molar-refractivity contribution is 6.13. The number of benzene rings is 2. The molecule has 12 amide bonds. The van der Waals surface area contributed by atoms with Crippen LogP contribution >= 0.6 is 0 Å². The van der Waals surface area contributed by atoms with Gasteiger partial charge in [0.2, 0.25) is 59.1 Å². The number of nitrogens with zero attached hydrogens (tertiary/aromatic N) is 3. The van der Waals surface area contributed by atoms with Crippen LogP contribution in [0.1, 0.15) is 115 Å². The number of phenolic OH excluding ortho intramolecular Hbond substituents is 2. The van der Waals surface area contributed by atoms with Gasteiger partial charge >= 0.3 is 5.97 Å². The molecule has 8 atom stereocenters. The zero-order valence-corrected chi connectivity index (χ0v) is 51.4. The topological polar surface area (TPSA) is 502 Å². The SMILES string of the molecule is CC(=O)N1CCC[C@H]1C(=O)N[C@@H](CCCN=C(N)N)C(=O)N[C@@H](CCCCN)C(=O)N[C@@H](CC(C)C)C(=O)N[C@@H](Cc1ccc(O)cc1)C(=O)N[C@@H](CC(=O)O)C(=O)N[C@@H](Cc1ccc(O)cc1)C(=O)N[C@@H](CCCCNC(=O)CCN1C(=O)C=CC1=O)C(N)=O. The molecule has 4 rings (SSSR count). The standard InChI is InChI=1S/C60H87N15O16/c1-34(2)30-43(70-54(86)41(11-4-6-25-61)68-53(85)42(12-8-27-66-60(63)64)69-59(91)47-13-9-28-74(47)35(3)76)55(87)71-45(32-37-16-20-39(78)21-17-37)57(89)73-46(33-51(82)83)58(90)72-44(31-36-14-18-38(77)19-15-36)56(88)67-40(52(62)84)10-5-7-26-65-48(79)24-29-75-49(80)22-23-50(75)81/h14-23,34,40-47,77-78H,4-13,24-33,61H2,1-3H3,(H2,62,84)(H,65,79)(H,67,88)(H,68,85)(H,69,91)(H,70,86)(H,71,87)(H,72,90)(H,73,89)(H,82,83)(H4,63,64,66)/t40-,41-,42-,43-,44-,45-,46-,47-/m0/s1. The maximum atomic E-state index is 14.6. The van der Waals surface area contributed by atoms with Crippen LogP contribution in [0.5, 0.6) is 11.5 Å². The van der Waals surface area contributed by atoms with E-state index in [9.17, 15) is 77.6 Å². The minimum Gasteiger partial charge on any atom is -0.508 e. The molecule has 2 aliphatic heterocycles. The highest BCUT2D eigenvalue weighted by Crippen LogP contribution is 2.20. The smallest absolute Gasteiger partial charge is 0.305 e. The van der Waals surface area contributed by atoms with Crippen LogP contribution in [0.3, 0.4) is 0 Å². The number of phenols is 2. The van der Waals surface area contributed by atoms with Crippen LogP contribution in [0.25, 0.3) is 0 Å². The first-order valence-electron chi connectivity index (χ1n) is 30.2. The van der Waals surface area contributed by atoms with E-state index in [2.05, 4.69) is 47.5 Å². The number of hydrogen-bond acceptors (Lipinski definition) is 17. The number of aliphatic imine (C=N–C) groups is 1. The summed E-state index contributed by atoms with van der Waals surface area (Å²) in [5.74, 6) is -11.6. The van der Waals surface area contributed by atoms with Gasteiger partial charge in [-0.1, -0.05) is 38.1 Å². The Morgan fingerprint density at radius 3 is 1.58 bits per heavy atom. The zero-order valence-electron chi connectivity index (χ0n) is 51.4. The predicted molar refractivity (Wildman–Crippen MR) is 329 cm³/mol. The zero-order chi connectivity index (χ0) is 67.3. The summed E-state index contributed by atoms with van der Waals surface area (Å²) in [5, 5.41) is 50.9. The summed E-state index contributed by atoms with van der Waals surface area (Å²) >= 11 is 0. The van der Waals surface area contributed by atoms with E-state index < -0.39 is 126 Å². The molecule has 1 saturated heterocycles. The first kappa shape index (κ1) is 73.8. The third-order valence-electron chi connectivity index (χ3n) is 14.9. The molecule has 91 heavy (non-hydrogen) atoms. The number of carbonyl (C=O) groups excluding carboxylic acids is 12. The van der Waals surface area contributed by atoms with Crippen molar-refractivity contribution < 1.29 is 77.6 Å². The van der Waals surface area contributed by atoms with Gasteiger partial charge in [-0.2, -0.15) is 0 Å². The number of nitrogens with two attached hydrogens (primary N) is 4. The van der Waals surface area contributed by atoms with E-state index in [1.54, 1.807) is 13.8 Å². The van der Waals surface area contributed by atoms with Crippen molar-refractivity contribution in [3.63, 3.8) is 0 Å². The number of aliphatic carboxylic acids is 1. The van der Waals surface area contributed by atoms with Crippen LogP contribution in [0.4, 0.5) is 0 Å². The number of carboxylic acid groups (broad SMARTS) is 1. The normalized spacial score (nSPS) is 15.8. The molecular formula is C60H87N15O16. The molecule has 0 radical (unpaired) electrons. The monoisotopic (exact) mass is 1270 g/mol. The lowest BCUT2D eigenvalue weighted by atomic mass is 9.99. The van der Waals surface area contributed by atoms with Crippen molar-refractivity contribution in [2.75, 3.05) is 32.7 Å². The largest absolute Gasteiger partial charge is 0.508 e. The fourth-order valence-corrected chi connectivity index (χ4v) is 10.0. The lowest BCUT2D eigenvalue weighted by Crippen LogP contribution is -2.61. The fourth-order valence-electron chi connectivity index (χ4n) is 10.0. The Morgan fingerprint density at radius 1 is 0.604 bits per heavy atom. The molecule has 2 aromatic rings. The Morgan fingerprint density at radius 2 is 1.07 bits per heavy atom. The van der Waals surface area contributed by atoms with Gasteiger partial charge in [0.15, 0.2) is 5.96 Å². The molecule has 31 heteroatoms. The second-order valence-electron chi connectivity index (χ2n) is 22.7. The summed E-state index contributed by atoms with van der Waals surface area (Å²) in [7, 11) is 0. The van der Waals surface area contributed by atoms with Gasteiger partial charge in [-0.15, -0.1) is 0 Å². The Balaban J connectivity index is 1.56. The Kier molecular flexibility index (Phi) is 30.3. The number of likely N-dealkylation sites (tertiary alicyclic amines) is 1. The average Bonchev–Trinajstić information content (AvgIpc) is 2.17. The van der Waals surface area contributed by atoms with Crippen molar-refractivity contribution in [3.05, 3.63) is 71.8 Å². The number of carbonyl (C=O) groups is 13. The van der Waals surface area contributed by atoms with Crippen molar-refractivity contribution in [3.8, 4) is 11.5 Å². The van der Waals surface area contributed by atoms with Crippen LogP contribution < -0.4 is 65.5 Å². The minimum atomic E-state index is -1.95. The third-order valence-corrected chi connectivity index (χ3v) is 14.9. The van der Waals surface area contributed by atoms with Gasteiger partial charge < -0.3 is 85.7 Å². The van der Waals surface area contributed by atoms with E-state index in [4.69, 9.17) is 22.9 Å². The quantitative estimate of drug-likeness (QED) is 0.0138. The number of rotatable bonds is 39. The number of amides is 12. The van der Waals surface area contributed by atoms with E-state index in [1.165, 1.54) is 60.4 Å². The summed E-state index contributed by atoms with van der Waals surface area (Å²) in [4.78, 5) is 180. The van der Waals surface area contributed by atoms with Crippen LogP contribution in [0, 0.1) is 5.92 Å². The van der Waals surface area contributed by atoms with Gasteiger partial charge in [-0.25, -0.2) is 0 Å². The van der Waals surface area contributed by atoms with E-state index >= 15 is 0 Å². The van der Waals surface area contributed by atoms with Crippen molar-refractivity contribution in [1.29, 1.82) is 0 Å². The van der Waals surface area contributed by atoms with Gasteiger partial charge in [-0.05, 0) is 118 Å². The summed E-state index contributed by atoms with van der Waals surface area (Å²) in [5.41, 5.74) is 23.2. The number of hydrogen-bond donors (Lipinski definition) is 15. The second-order valence-corrected chi connectivity index (χ2v) is 22.7. The highest BCUT2D eigenvalue weighted by atomic mass is 16.4. The summed E-state index contributed by atoms with van der Waals surface area (Å²) < 4.78 is 0. The van der Waals surface area contributed by atoms with E-state index in [-0.39, 0.29) is 120 Å². The molecule has 0 bridgehead atoms. The number of aromatic hydroxyl groups is 2. The van der Waals surface area contributed by atoms with Crippen LogP contribution in [0.15, 0.2) is 65.7 Å². The fraction of sp³-hybridized carbons (Fsp3) is 0.533. The van der Waals surface area contributed by atoms with Crippen molar-refractivity contribution >= 4 is 82.8 Å². The lowest BCUT2D eigenvalue weighted by Gasteiger charge is -2.29. The van der Waals surface area contributed by atoms with Gasteiger partial charge in [0.25, 0.3) is 11.8 Å². The molecule has 498 valence electrons. The van der Waals surface area contributed by atoms with Crippen molar-refractivity contribution in [2.24, 2.45) is 33.8 Å². The molecule has 0 unspecified atom stereocenters. The van der Waals surface area contributed by atoms with Crippen LogP contribution in [-0.2, 0) is 75.2 Å². The summed E-state index contributed by atoms with van der Waals surface area (Å²) in [6.07, 6.45) is 2.64. The Hall–Kier alpha value is -9.68. The first-order valence-corrected chi connectivity index (χ1v) is 30.2. The summed E-state index contributed by atoms with van der Waals surface area (Å²) in [6.45, 7) is 5.48. The number of carboxylic acids is 1. The Labute approximate surface area is 526 Å². The average molecular weight is 1270 g/mol. The van der Waals surface area contributed by atoms with Gasteiger partial charge in [0.1, 0.15) is 59.8 Å². The number of nitrogens with one attached hydrogen (secondary N) is 8. The highest BCUT2D eigenvalue weighted by Gasteiger charge is 2.38. The van der Waals surface area contributed by atoms with E-state index in [1.807, 2.05) is 0 Å². The van der Waals surface area contributed by atoms with Gasteiger partial charge in [0.05, 0.1) is 6.42 Å². The number of primary amides is 1. The van der Waals surface area contributed by atoms with Gasteiger partial charge in [-0.3, -0.25) is 72.2 Å². The molecule has 2 aliphatic rings. The van der Waals surface area contributed by atoms with Gasteiger partial charge in [0, 0.05) is 64.5 Å².